The molecule has 10 heteroatoms. The fourth-order valence-electron chi connectivity index (χ4n) is 3.61. The van der Waals surface area contributed by atoms with Gasteiger partial charge >= 0.3 is 0 Å². The number of amides is 1. The third kappa shape index (κ3) is 4.56. The normalized spacial score (nSPS) is 15.8. The van der Waals surface area contributed by atoms with Crippen LogP contribution in [0.5, 0.6) is 0 Å². The minimum Gasteiger partial charge on any atom is -0.339 e. The van der Waals surface area contributed by atoms with Crippen molar-refractivity contribution < 1.29 is 17.7 Å². The highest BCUT2D eigenvalue weighted by atomic mass is 32.2. The first-order valence-corrected chi connectivity index (χ1v) is 12.3. The predicted octanol–water partition coefficient (Wildman–Crippen LogP) is 3.76. The van der Waals surface area contributed by atoms with Crippen molar-refractivity contribution in [3.8, 4) is 10.7 Å². The van der Waals surface area contributed by atoms with Crippen LogP contribution in [-0.4, -0.2) is 41.9 Å². The average molecular weight is 461 g/mol. The van der Waals surface area contributed by atoms with Crippen LogP contribution in [0.1, 0.15) is 29.2 Å². The summed E-state index contributed by atoms with van der Waals surface area (Å²) in [6, 6.07) is 9.23. The number of nitrogens with one attached hydrogen (secondary N) is 1. The summed E-state index contributed by atoms with van der Waals surface area (Å²) >= 11 is 1.32. The molecule has 31 heavy (non-hydrogen) atoms. The molecule has 3 aromatic rings. The maximum Gasteiger partial charge on any atom is 0.244 e. The summed E-state index contributed by atoms with van der Waals surface area (Å²) in [5, 5.41) is 6.80. The Kier molecular flexibility index (Phi) is 5.96. The lowest BCUT2D eigenvalue weighted by Gasteiger charge is -2.30. The van der Waals surface area contributed by atoms with E-state index in [1.165, 1.54) is 15.6 Å². The Hall–Kier alpha value is -2.56. The Morgan fingerprint density at radius 1 is 1.16 bits per heavy atom. The number of hydrogen-bond donors (Lipinski definition) is 1. The lowest BCUT2D eigenvalue weighted by atomic mass is 9.97. The summed E-state index contributed by atoms with van der Waals surface area (Å²) in [5.41, 5.74) is 1.88. The Balaban J connectivity index is 1.42. The molecule has 0 unspecified atom stereocenters. The van der Waals surface area contributed by atoms with Gasteiger partial charge in [0.05, 0.1) is 9.77 Å². The van der Waals surface area contributed by atoms with E-state index in [0.717, 1.165) is 11.3 Å². The van der Waals surface area contributed by atoms with Crippen LogP contribution in [0, 0.1) is 26.7 Å². The van der Waals surface area contributed by atoms with Gasteiger partial charge < -0.3 is 9.84 Å². The summed E-state index contributed by atoms with van der Waals surface area (Å²) in [4.78, 5) is 18.4. The van der Waals surface area contributed by atoms with Crippen LogP contribution in [-0.2, 0) is 14.8 Å². The van der Waals surface area contributed by atoms with Crippen LogP contribution in [0.2, 0.25) is 0 Å². The van der Waals surface area contributed by atoms with Gasteiger partial charge in [-0.3, -0.25) is 4.79 Å². The van der Waals surface area contributed by atoms with Gasteiger partial charge in [-0.2, -0.15) is 9.29 Å². The predicted molar refractivity (Wildman–Crippen MR) is 118 cm³/mol. The molecule has 0 saturated carbocycles. The van der Waals surface area contributed by atoms with Gasteiger partial charge in [-0.05, 0) is 44.9 Å². The number of aromatic nitrogens is 2. The van der Waals surface area contributed by atoms with E-state index in [0.29, 0.717) is 47.4 Å². The Bertz CT molecular complexity index is 1190. The van der Waals surface area contributed by atoms with Crippen molar-refractivity contribution in [1.29, 1.82) is 0 Å². The zero-order valence-corrected chi connectivity index (χ0v) is 19.2. The second kappa shape index (κ2) is 8.52. The lowest BCUT2D eigenvalue weighted by Crippen LogP contribution is -2.41. The first-order chi connectivity index (χ1) is 14.7. The van der Waals surface area contributed by atoms with E-state index in [4.69, 9.17) is 4.52 Å². The van der Waals surface area contributed by atoms with Crippen molar-refractivity contribution in [2.75, 3.05) is 18.4 Å². The lowest BCUT2D eigenvalue weighted by molar-refractivity contribution is -0.120. The van der Waals surface area contributed by atoms with E-state index < -0.39 is 10.0 Å². The second-order valence-corrected chi connectivity index (χ2v) is 10.9. The van der Waals surface area contributed by atoms with Gasteiger partial charge in [0, 0.05) is 36.5 Å². The fourth-order valence-corrected chi connectivity index (χ4v) is 6.57. The molecule has 1 fully saturated rings. The number of aryl methyl sites for hydroxylation is 3. The molecule has 0 atom stereocenters. The van der Waals surface area contributed by atoms with Crippen molar-refractivity contribution in [2.24, 2.45) is 5.92 Å². The van der Waals surface area contributed by atoms with Gasteiger partial charge in [0.15, 0.2) is 0 Å². The molecule has 1 aliphatic heterocycles. The van der Waals surface area contributed by atoms with Gasteiger partial charge in [-0.25, -0.2) is 8.42 Å². The summed E-state index contributed by atoms with van der Waals surface area (Å²) in [7, 11) is -3.66. The molecule has 1 N–H and O–H groups in total. The largest absolute Gasteiger partial charge is 0.339 e. The van der Waals surface area contributed by atoms with Crippen molar-refractivity contribution in [1.82, 2.24) is 14.4 Å². The quantitative estimate of drug-likeness (QED) is 0.621. The Morgan fingerprint density at radius 3 is 2.45 bits per heavy atom. The van der Waals surface area contributed by atoms with Crippen LogP contribution >= 0.6 is 11.3 Å². The van der Waals surface area contributed by atoms with Crippen molar-refractivity contribution in [2.45, 2.75) is 38.5 Å². The molecular formula is C21H24N4O4S2. The smallest absolute Gasteiger partial charge is 0.244 e. The van der Waals surface area contributed by atoms with E-state index >= 15 is 0 Å². The zero-order valence-electron chi connectivity index (χ0n) is 17.6. The molecule has 1 aromatic carbocycles. The van der Waals surface area contributed by atoms with E-state index in [1.807, 2.05) is 31.2 Å². The summed E-state index contributed by atoms with van der Waals surface area (Å²) in [6.45, 7) is 6.06. The maximum atomic E-state index is 13.2. The number of piperidine rings is 1. The molecular weight excluding hydrogens is 436 g/mol. The highest BCUT2D eigenvalue weighted by Crippen LogP contribution is 2.35. The average Bonchev–Trinajstić information content (AvgIpc) is 3.35. The molecule has 164 valence electrons. The molecule has 2 aromatic heterocycles. The monoisotopic (exact) mass is 460 g/mol. The number of rotatable bonds is 5. The topological polar surface area (TPSA) is 105 Å². The first kappa shape index (κ1) is 21.7. The zero-order chi connectivity index (χ0) is 22.2. The number of anilines is 1. The second-order valence-electron chi connectivity index (χ2n) is 7.70. The molecule has 0 radical (unpaired) electrons. The maximum absolute atomic E-state index is 13.2. The van der Waals surface area contributed by atoms with Crippen LogP contribution in [0.3, 0.4) is 0 Å². The number of sulfonamides is 1. The highest BCUT2D eigenvalue weighted by molar-refractivity contribution is 7.89. The van der Waals surface area contributed by atoms with E-state index in [9.17, 15) is 13.2 Å². The molecule has 1 aliphatic rings. The molecule has 1 saturated heterocycles. The Morgan fingerprint density at radius 2 is 1.84 bits per heavy atom. The molecule has 1 amide bonds. The minimum atomic E-state index is -3.66. The van der Waals surface area contributed by atoms with Gasteiger partial charge in [0.2, 0.25) is 27.6 Å². The van der Waals surface area contributed by atoms with E-state index in [2.05, 4.69) is 15.5 Å². The summed E-state index contributed by atoms with van der Waals surface area (Å²) in [6.07, 6.45) is 0.966. The van der Waals surface area contributed by atoms with Crippen LogP contribution in [0.4, 0.5) is 5.69 Å². The molecule has 0 bridgehead atoms. The molecule has 0 spiro atoms. The number of hydrogen-bond acceptors (Lipinski definition) is 7. The molecule has 0 aliphatic carbocycles. The minimum absolute atomic E-state index is 0.0672. The molecule has 4 rings (SSSR count). The summed E-state index contributed by atoms with van der Waals surface area (Å²) in [5.74, 6) is 0.534. The van der Waals surface area contributed by atoms with Gasteiger partial charge in [0.1, 0.15) is 0 Å². The van der Waals surface area contributed by atoms with Gasteiger partial charge in [0.25, 0.3) is 0 Å². The third-order valence-electron chi connectivity index (χ3n) is 5.38. The molecule has 8 nitrogen and oxygen atoms in total. The number of benzene rings is 1. The van der Waals surface area contributed by atoms with E-state index in [1.54, 1.807) is 19.9 Å². The van der Waals surface area contributed by atoms with Gasteiger partial charge in [-0.1, -0.05) is 22.9 Å². The number of thiophene rings is 1. The number of carbonyl (C=O) groups excluding carboxylic acids is 1. The van der Waals surface area contributed by atoms with Crippen LogP contribution < -0.4 is 5.32 Å². The molecule has 3 heterocycles. The van der Waals surface area contributed by atoms with Crippen LogP contribution in [0.25, 0.3) is 10.7 Å². The SMILES string of the molecule is Cc1ccc(NC(=O)C2CCN(S(=O)(=O)c3cc(-c4noc(C)n4)sc3C)CC2)cc1. The summed E-state index contributed by atoms with van der Waals surface area (Å²) < 4.78 is 32.9. The third-order valence-corrected chi connectivity index (χ3v) is 8.58. The fraction of sp³-hybridized carbons (Fsp3) is 0.381. The van der Waals surface area contributed by atoms with Crippen LogP contribution in [0.15, 0.2) is 39.8 Å². The van der Waals surface area contributed by atoms with Crippen molar-refractivity contribution >= 4 is 33.0 Å². The van der Waals surface area contributed by atoms with Crippen molar-refractivity contribution in [3.05, 3.63) is 46.7 Å². The number of nitrogens with zero attached hydrogens (tertiary/aromatic N) is 3. The standard InChI is InChI=1S/C21H24N4O4S2/c1-13-4-6-17(7-5-13)23-21(26)16-8-10-25(11-9-16)31(27,28)19-12-18(30-14(19)2)20-22-15(3)29-24-20/h4-7,12,16H,8-11H2,1-3H3,(H,23,26). The van der Waals surface area contributed by atoms with Gasteiger partial charge in [-0.15, -0.1) is 11.3 Å². The highest BCUT2D eigenvalue weighted by Gasteiger charge is 2.34. The Labute approximate surface area is 185 Å². The number of carbonyl (C=O) groups is 1. The van der Waals surface area contributed by atoms with Crippen molar-refractivity contribution in [3.63, 3.8) is 0 Å². The first-order valence-electron chi connectivity index (χ1n) is 10.0. The van der Waals surface area contributed by atoms with E-state index in [-0.39, 0.29) is 16.7 Å².